The zero-order valence-corrected chi connectivity index (χ0v) is 11.9. The van der Waals surface area contributed by atoms with Crippen molar-refractivity contribution in [2.24, 2.45) is 0 Å². The highest BCUT2D eigenvalue weighted by atomic mass is 35.7. The number of carbonyl (C=O) groups excluding carboxylic acids is 1. The monoisotopic (exact) mass is 346 g/mol. The second-order valence-corrected chi connectivity index (χ2v) is 6.75. The van der Waals surface area contributed by atoms with E-state index in [2.05, 4.69) is 0 Å². The second kappa shape index (κ2) is 5.44. The number of halogens is 4. The highest BCUT2D eigenvalue weighted by Crippen LogP contribution is 2.33. The van der Waals surface area contributed by atoms with Crippen LogP contribution in [0.15, 0.2) is 11.0 Å². The van der Waals surface area contributed by atoms with Crippen LogP contribution >= 0.6 is 22.3 Å². The normalized spacial score (nSPS) is 15.8. The fraction of sp³-hybridized carbons (Fsp3) is 0.300. The zero-order valence-electron chi connectivity index (χ0n) is 9.53. The molecule has 0 aliphatic carbocycles. The van der Waals surface area contributed by atoms with Crippen LogP contribution in [0, 0.1) is 11.6 Å². The summed E-state index contributed by atoms with van der Waals surface area (Å²) in [4.78, 5) is 10.4. The van der Waals surface area contributed by atoms with Crippen LogP contribution in [-0.4, -0.2) is 33.7 Å². The summed E-state index contributed by atoms with van der Waals surface area (Å²) in [5.74, 6) is -4.43. The summed E-state index contributed by atoms with van der Waals surface area (Å²) in [6.45, 7) is 0.321. The molecule has 0 bridgehead atoms. The van der Waals surface area contributed by atoms with Crippen LogP contribution in [0.4, 0.5) is 8.78 Å². The zero-order chi connectivity index (χ0) is 15.1. The molecule has 1 fully saturated rings. The smallest absolute Gasteiger partial charge is 0.340 e. The highest BCUT2D eigenvalue weighted by molar-refractivity contribution is 8.13. The Morgan fingerprint density at radius 3 is 2.45 bits per heavy atom. The molecule has 0 unspecified atom stereocenters. The standard InChI is InChI=1S/C10H6Cl2F2O5S/c11-7-5(10(15)19-4-2-18-3-4)1-6(13)8(14)9(7)20(12,16)17/h1,4H,2-3H2. The van der Waals surface area contributed by atoms with E-state index in [-0.39, 0.29) is 13.2 Å². The molecule has 0 saturated carbocycles. The van der Waals surface area contributed by atoms with Gasteiger partial charge in [-0.25, -0.2) is 22.0 Å². The first kappa shape index (κ1) is 15.4. The van der Waals surface area contributed by atoms with E-state index in [1.165, 1.54) is 0 Å². The molecule has 0 spiro atoms. The van der Waals surface area contributed by atoms with E-state index < -0.39 is 48.2 Å². The van der Waals surface area contributed by atoms with Gasteiger partial charge in [-0.1, -0.05) is 11.6 Å². The average Bonchev–Trinajstić information content (AvgIpc) is 2.26. The van der Waals surface area contributed by atoms with Crippen molar-refractivity contribution in [2.75, 3.05) is 13.2 Å². The summed E-state index contributed by atoms with van der Waals surface area (Å²) in [7, 11) is 0.301. The minimum Gasteiger partial charge on any atom is -0.454 e. The van der Waals surface area contributed by atoms with E-state index >= 15 is 0 Å². The summed E-state index contributed by atoms with van der Waals surface area (Å²) in [5.41, 5.74) is -0.628. The molecule has 0 N–H and O–H groups in total. The molecule has 0 atom stereocenters. The van der Waals surface area contributed by atoms with E-state index in [1.54, 1.807) is 0 Å². The van der Waals surface area contributed by atoms with Gasteiger partial charge in [-0.2, -0.15) is 0 Å². The van der Waals surface area contributed by atoms with Crippen LogP contribution in [0.2, 0.25) is 5.02 Å². The maximum atomic E-state index is 13.4. The summed E-state index contributed by atoms with van der Waals surface area (Å²) < 4.78 is 58.8. The van der Waals surface area contributed by atoms with E-state index in [0.29, 0.717) is 6.07 Å². The molecule has 20 heavy (non-hydrogen) atoms. The second-order valence-electron chi connectivity index (χ2n) is 3.87. The van der Waals surface area contributed by atoms with Crippen molar-refractivity contribution >= 4 is 37.3 Å². The third-order valence-corrected chi connectivity index (χ3v) is 4.30. The van der Waals surface area contributed by atoms with E-state index in [9.17, 15) is 22.0 Å². The Morgan fingerprint density at radius 2 is 2.00 bits per heavy atom. The van der Waals surface area contributed by atoms with Gasteiger partial charge in [-0.3, -0.25) is 0 Å². The molecule has 1 aromatic rings. The molecule has 1 aliphatic heterocycles. The maximum Gasteiger partial charge on any atom is 0.340 e. The van der Waals surface area contributed by atoms with Crippen molar-refractivity contribution in [3.8, 4) is 0 Å². The van der Waals surface area contributed by atoms with Gasteiger partial charge in [-0.15, -0.1) is 0 Å². The molecule has 110 valence electrons. The maximum absolute atomic E-state index is 13.4. The van der Waals surface area contributed by atoms with Crippen molar-refractivity contribution in [3.63, 3.8) is 0 Å². The van der Waals surface area contributed by atoms with Gasteiger partial charge in [0, 0.05) is 10.7 Å². The van der Waals surface area contributed by atoms with Crippen LogP contribution in [0.1, 0.15) is 10.4 Å². The third-order valence-electron chi connectivity index (χ3n) is 2.46. The van der Waals surface area contributed by atoms with Crippen molar-refractivity contribution in [1.82, 2.24) is 0 Å². The molecule has 1 aromatic carbocycles. The molecular weight excluding hydrogens is 341 g/mol. The first-order chi connectivity index (χ1) is 9.21. The molecule has 1 saturated heterocycles. The van der Waals surface area contributed by atoms with Crippen molar-refractivity contribution < 1.29 is 31.5 Å². The minimum atomic E-state index is -4.67. The average molecular weight is 347 g/mol. The molecule has 10 heteroatoms. The SMILES string of the molecule is O=C(OC1COC1)c1cc(F)c(F)c(S(=O)(=O)Cl)c1Cl. The van der Waals surface area contributed by atoms with Gasteiger partial charge < -0.3 is 9.47 Å². The Morgan fingerprint density at radius 1 is 1.40 bits per heavy atom. The molecule has 1 aliphatic rings. The van der Waals surface area contributed by atoms with Gasteiger partial charge in [0.2, 0.25) is 0 Å². The van der Waals surface area contributed by atoms with Crippen LogP contribution in [0.25, 0.3) is 0 Å². The largest absolute Gasteiger partial charge is 0.454 e. The van der Waals surface area contributed by atoms with E-state index in [4.69, 9.17) is 31.8 Å². The molecule has 0 aromatic heterocycles. The number of rotatable bonds is 3. The third kappa shape index (κ3) is 2.88. The number of hydrogen-bond donors (Lipinski definition) is 0. The Balaban J connectivity index is 2.48. The molecule has 2 rings (SSSR count). The predicted octanol–water partition coefficient (Wildman–Crippen LogP) is 2.10. The quantitative estimate of drug-likeness (QED) is 0.476. The number of ether oxygens (including phenoxy) is 2. The van der Waals surface area contributed by atoms with Gasteiger partial charge in [0.25, 0.3) is 9.05 Å². The van der Waals surface area contributed by atoms with Crippen LogP contribution in [0.3, 0.4) is 0 Å². The first-order valence-corrected chi connectivity index (χ1v) is 7.81. The number of benzene rings is 1. The Kier molecular flexibility index (Phi) is 4.19. The predicted molar refractivity (Wildman–Crippen MR) is 64.4 cm³/mol. The number of esters is 1. The van der Waals surface area contributed by atoms with Gasteiger partial charge in [0.15, 0.2) is 11.6 Å². The first-order valence-electron chi connectivity index (χ1n) is 5.12. The lowest BCUT2D eigenvalue weighted by Gasteiger charge is -2.25. The van der Waals surface area contributed by atoms with Crippen LogP contribution in [-0.2, 0) is 18.5 Å². The van der Waals surface area contributed by atoms with Gasteiger partial charge in [0.1, 0.15) is 11.0 Å². The van der Waals surface area contributed by atoms with Gasteiger partial charge in [0.05, 0.1) is 23.8 Å². The fourth-order valence-corrected chi connectivity index (χ4v) is 3.15. The summed E-state index contributed by atoms with van der Waals surface area (Å²) in [5, 5.41) is -0.829. The van der Waals surface area contributed by atoms with Crippen LogP contribution < -0.4 is 0 Å². The fourth-order valence-electron chi connectivity index (χ4n) is 1.44. The molecular formula is C10H6Cl2F2O5S. The topological polar surface area (TPSA) is 69.7 Å². The highest BCUT2D eigenvalue weighted by Gasteiger charge is 2.31. The van der Waals surface area contributed by atoms with Crippen LogP contribution in [0.5, 0.6) is 0 Å². The Bertz CT molecular complexity index is 673. The van der Waals surface area contributed by atoms with Crippen molar-refractivity contribution in [3.05, 3.63) is 28.3 Å². The molecule has 1 heterocycles. The summed E-state index contributed by atoms with van der Waals surface area (Å²) in [6.07, 6.45) is -0.539. The lowest BCUT2D eigenvalue weighted by atomic mass is 10.2. The van der Waals surface area contributed by atoms with Gasteiger partial charge in [-0.05, 0) is 6.07 Å². The molecule has 0 radical (unpaired) electrons. The van der Waals surface area contributed by atoms with E-state index in [0.717, 1.165) is 0 Å². The lowest BCUT2D eigenvalue weighted by Crippen LogP contribution is -2.37. The minimum absolute atomic E-state index is 0.160. The number of carbonyl (C=O) groups is 1. The number of hydrogen-bond acceptors (Lipinski definition) is 5. The lowest BCUT2D eigenvalue weighted by molar-refractivity contribution is -0.103. The summed E-state index contributed by atoms with van der Waals surface area (Å²) >= 11 is 5.61. The van der Waals surface area contributed by atoms with E-state index in [1.807, 2.05) is 0 Å². The Hall–Kier alpha value is -0.960. The van der Waals surface area contributed by atoms with Crippen molar-refractivity contribution in [2.45, 2.75) is 11.0 Å². The Labute approximate surface area is 121 Å². The molecule has 5 nitrogen and oxygen atoms in total. The molecule has 0 amide bonds. The van der Waals surface area contributed by atoms with Gasteiger partial charge >= 0.3 is 5.97 Å². The summed E-state index contributed by atoms with van der Waals surface area (Å²) in [6, 6.07) is 0.449. The van der Waals surface area contributed by atoms with Crippen molar-refractivity contribution in [1.29, 1.82) is 0 Å².